The zero-order valence-electron chi connectivity index (χ0n) is 29.7. The highest BCUT2D eigenvalue weighted by Crippen LogP contribution is 2.12. The van der Waals surface area contributed by atoms with Crippen molar-refractivity contribution in [3.8, 4) is 0 Å². The van der Waals surface area contributed by atoms with Crippen molar-refractivity contribution in [1.82, 2.24) is 15.3 Å². The lowest BCUT2D eigenvalue weighted by Gasteiger charge is -2.13. The normalized spacial score (nSPS) is 14.0. The molecule has 53 heavy (non-hydrogen) atoms. The Morgan fingerprint density at radius 2 is 0.962 bits per heavy atom. The van der Waals surface area contributed by atoms with Crippen molar-refractivity contribution in [3.05, 3.63) is 12.2 Å². The number of amides is 5. The van der Waals surface area contributed by atoms with Crippen molar-refractivity contribution >= 4 is 41.7 Å². The number of hydrogen-bond donors (Lipinski definition) is 1. The highest BCUT2D eigenvalue weighted by Gasteiger charge is 2.33. The SMILES string of the molecule is O=C(CCN1C(=O)C=CC1=O)NCCOCCOCCOCCOCCOCCOCCOCCOCCC(=O)OCOC(=O)ON1C(=O)CCC1=O. The minimum absolute atomic E-state index is 0.0354. The van der Waals surface area contributed by atoms with Crippen molar-refractivity contribution in [2.24, 2.45) is 0 Å². The summed E-state index contributed by atoms with van der Waals surface area (Å²) in [6.45, 7) is 5.28. The Balaban J connectivity index is 1.19. The van der Waals surface area contributed by atoms with Crippen LogP contribution in [0.1, 0.15) is 25.7 Å². The molecule has 21 heteroatoms. The van der Waals surface area contributed by atoms with E-state index < -0.39 is 42.5 Å². The fourth-order valence-corrected chi connectivity index (χ4v) is 3.99. The molecule has 1 saturated heterocycles. The summed E-state index contributed by atoms with van der Waals surface area (Å²) in [6, 6.07) is 0. The number of nitrogens with zero attached hydrogens (tertiary/aromatic N) is 2. The number of esters is 1. The van der Waals surface area contributed by atoms with E-state index in [-0.39, 0.29) is 51.3 Å². The standard InChI is InChI=1S/C32H49N3O18/c36-26(5-8-34-27(37)1-2-28(34)38)33-7-10-44-12-14-46-16-18-48-20-22-50-24-23-49-21-19-47-17-15-45-13-11-43-9-6-31(41)51-25-52-32(42)53-35-29(39)3-4-30(35)40/h1-2H,3-25H2,(H,33,36). The van der Waals surface area contributed by atoms with E-state index >= 15 is 0 Å². The molecule has 2 rings (SSSR count). The third kappa shape index (κ3) is 22.6. The lowest BCUT2D eigenvalue weighted by atomic mass is 10.3. The van der Waals surface area contributed by atoms with Gasteiger partial charge in [0.15, 0.2) is 0 Å². The number of nitrogens with one attached hydrogen (secondary N) is 1. The molecule has 2 heterocycles. The average molecular weight is 764 g/mol. The molecule has 1 N–H and O–H groups in total. The topological polar surface area (TPSA) is 240 Å². The van der Waals surface area contributed by atoms with Crippen molar-refractivity contribution in [1.29, 1.82) is 0 Å². The molecule has 0 atom stereocenters. The zero-order chi connectivity index (χ0) is 38.4. The Morgan fingerprint density at radius 1 is 0.547 bits per heavy atom. The molecule has 1 fully saturated rings. The van der Waals surface area contributed by atoms with E-state index in [9.17, 15) is 33.6 Å². The molecule has 0 radical (unpaired) electrons. The number of carbonyl (C=O) groups is 7. The Bertz CT molecular complexity index is 1130. The first kappa shape index (κ1) is 45.1. The quantitative estimate of drug-likeness (QED) is 0.0352. The first-order valence-corrected chi connectivity index (χ1v) is 17.1. The zero-order valence-corrected chi connectivity index (χ0v) is 29.7. The molecule has 0 aromatic heterocycles. The van der Waals surface area contributed by atoms with Gasteiger partial charge in [0.05, 0.1) is 112 Å². The van der Waals surface area contributed by atoms with Crippen LogP contribution >= 0.6 is 0 Å². The number of rotatable bonds is 33. The van der Waals surface area contributed by atoms with Crippen LogP contribution in [0.15, 0.2) is 12.2 Å². The predicted octanol–water partition coefficient (Wildman–Crippen LogP) is -1.34. The minimum Gasteiger partial charge on any atom is -0.428 e. The molecular formula is C32H49N3O18. The van der Waals surface area contributed by atoms with E-state index in [1.165, 1.54) is 12.2 Å². The summed E-state index contributed by atoms with van der Waals surface area (Å²) in [5.74, 6) is -3.10. The van der Waals surface area contributed by atoms with Gasteiger partial charge in [-0.15, -0.1) is 0 Å². The van der Waals surface area contributed by atoms with E-state index in [2.05, 4.69) is 19.6 Å². The van der Waals surface area contributed by atoms with Gasteiger partial charge in [-0.1, -0.05) is 5.06 Å². The average Bonchev–Trinajstić information content (AvgIpc) is 3.63. The summed E-state index contributed by atoms with van der Waals surface area (Å²) < 4.78 is 52.3. The van der Waals surface area contributed by atoms with Crippen molar-refractivity contribution < 1.29 is 85.8 Å². The van der Waals surface area contributed by atoms with Crippen LogP contribution in [0.3, 0.4) is 0 Å². The third-order valence-corrected chi connectivity index (χ3v) is 6.65. The number of ether oxygens (including phenoxy) is 10. The molecule has 0 bridgehead atoms. The van der Waals surface area contributed by atoms with E-state index in [4.69, 9.17) is 37.9 Å². The second kappa shape index (κ2) is 29.4. The number of carbonyl (C=O) groups excluding carboxylic acids is 7. The number of imide groups is 2. The Labute approximate surface area is 306 Å². The van der Waals surface area contributed by atoms with Crippen LogP contribution in [-0.2, 0) is 81.0 Å². The molecule has 5 amide bonds. The van der Waals surface area contributed by atoms with Crippen LogP contribution in [0.2, 0.25) is 0 Å². The first-order chi connectivity index (χ1) is 25.8. The van der Waals surface area contributed by atoms with E-state index in [1.54, 1.807) is 0 Å². The van der Waals surface area contributed by atoms with Crippen molar-refractivity contribution in [2.45, 2.75) is 25.7 Å². The Hall–Kier alpha value is -4.09. The smallest absolute Gasteiger partial charge is 0.428 e. The molecule has 2 aliphatic rings. The second-order valence-corrected chi connectivity index (χ2v) is 10.6. The predicted molar refractivity (Wildman–Crippen MR) is 174 cm³/mol. The number of hydrogen-bond acceptors (Lipinski definition) is 18. The van der Waals surface area contributed by atoms with E-state index in [1.807, 2.05) is 0 Å². The molecule has 0 aliphatic carbocycles. The second-order valence-electron chi connectivity index (χ2n) is 10.6. The van der Waals surface area contributed by atoms with Crippen molar-refractivity contribution in [2.75, 3.05) is 126 Å². The van der Waals surface area contributed by atoms with Gasteiger partial charge in [0.1, 0.15) is 0 Å². The molecule has 21 nitrogen and oxygen atoms in total. The van der Waals surface area contributed by atoms with Gasteiger partial charge in [0.2, 0.25) is 12.7 Å². The van der Waals surface area contributed by atoms with E-state index in [0.717, 1.165) is 4.90 Å². The summed E-state index contributed by atoms with van der Waals surface area (Å²) >= 11 is 0. The van der Waals surface area contributed by atoms with Gasteiger partial charge in [-0.05, 0) is 0 Å². The molecule has 0 aromatic rings. The maximum Gasteiger partial charge on any atom is 0.536 e. The summed E-state index contributed by atoms with van der Waals surface area (Å²) in [5, 5.41) is 2.98. The maximum absolute atomic E-state index is 11.8. The van der Waals surface area contributed by atoms with Gasteiger partial charge < -0.3 is 52.7 Å². The van der Waals surface area contributed by atoms with Gasteiger partial charge >= 0.3 is 12.1 Å². The monoisotopic (exact) mass is 763 g/mol. The largest absolute Gasteiger partial charge is 0.536 e. The fraction of sp³-hybridized carbons (Fsp3) is 0.719. The van der Waals surface area contributed by atoms with Gasteiger partial charge in [-0.2, -0.15) is 0 Å². The Kier molecular flexibility index (Phi) is 25.0. The van der Waals surface area contributed by atoms with Crippen LogP contribution in [0.4, 0.5) is 4.79 Å². The number of hydroxylamine groups is 2. The first-order valence-electron chi connectivity index (χ1n) is 17.1. The molecule has 2 aliphatic heterocycles. The summed E-state index contributed by atoms with van der Waals surface area (Å²) in [7, 11) is 0. The summed E-state index contributed by atoms with van der Waals surface area (Å²) in [4.78, 5) is 85.9. The maximum atomic E-state index is 11.8. The minimum atomic E-state index is -1.35. The van der Waals surface area contributed by atoms with Crippen LogP contribution in [0.5, 0.6) is 0 Å². The fourth-order valence-electron chi connectivity index (χ4n) is 3.99. The van der Waals surface area contributed by atoms with Crippen LogP contribution in [-0.4, -0.2) is 177 Å². The van der Waals surface area contributed by atoms with Crippen molar-refractivity contribution in [3.63, 3.8) is 0 Å². The lowest BCUT2D eigenvalue weighted by molar-refractivity contribution is -0.182. The molecule has 0 spiro atoms. The van der Waals surface area contributed by atoms with Gasteiger partial charge in [0.25, 0.3) is 23.6 Å². The van der Waals surface area contributed by atoms with Crippen LogP contribution in [0, 0.1) is 0 Å². The summed E-state index contributed by atoms with van der Waals surface area (Å²) in [5.41, 5.74) is 0. The van der Waals surface area contributed by atoms with Crippen LogP contribution < -0.4 is 5.32 Å². The third-order valence-electron chi connectivity index (χ3n) is 6.65. The van der Waals surface area contributed by atoms with Gasteiger partial charge in [-0.25, -0.2) is 4.79 Å². The van der Waals surface area contributed by atoms with E-state index in [0.29, 0.717) is 104 Å². The van der Waals surface area contributed by atoms with Gasteiger partial charge in [-0.3, -0.25) is 38.5 Å². The van der Waals surface area contributed by atoms with Gasteiger partial charge in [0, 0.05) is 44.5 Å². The molecule has 0 unspecified atom stereocenters. The molecule has 0 aromatic carbocycles. The molecular weight excluding hydrogens is 714 g/mol. The highest BCUT2D eigenvalue weighted by molar-refractivity contribution is 6.13. The molecule has 0 saturated carbocycles. The Morgan fingerprint density at radius 3 is 1.42 bits per heavy atom. The van der Waals surface area contributed by atoms with Crippen LogP contribution in [0.25, 0.3) is 0 Å². The highest BCUT2D eigenvalue weighted by atomic mass is 16.9. The summed E-state index contributed by atoms with van der Waals surface area (Å²) in [6.07, 6.45) is 0.848. The lowest BCUT2D eigenvalue weighted by Crippen LogP contribution is -2.35. The molecule has 300 valence electrons.